The van der Waals surface area contributed by atoms with E-state index in [4.69, 9.17) is 10.5 Å². The number of nitrogens with two attached hydrogens (primary N) is 1. The van der Waals surface area contributed by atoms with Crippen LogP contribution in [0.1, 0.15) is 24.8 Å². The van der Waals surface area contributed by atoms with Gasteiger partial charge < -0.3 is 10.5 Å². The summed E-state index contributed by atoms with van der Waals surface area (Å²) in [5, 5.41) is 0. The molecule has 0 heterocycles. The quantitative estimate of drug-likeness (QED) is 0.842. The standard InChI is InChI=1S/C14H16FNO2/c15-12-6-7-13(18-9-10-4-5-10)11(8-12)2-1-3-14(16)17/h1-2,6-8,10H,3-5,9H2,(H2,16,17). The number of hydrogen-bond donors (Lipinski definition) is 1. The average Bonchev–Trinajstić information content (AvgIpc) is 3.11. The molecule has 0 aromatic heterocycles. The zero-order chi connectivity index (χ0) is 13.0. The topological polar surface area (TPSA) is 52.3 Å². The molecule has 2 rings (SSSR count). The monoisotopic (exact) mass is 249 g/mol. The lowest BCUT2D eigenvalue weighted by Crippen LogP contribution is -2.08. The third kappa shape index (κ3) is 3.87. The maximum Gasteiger partial charge on any atom is 0.221 e. The first-order valence-corrected chi connectivity index (χ1v) is 6.02. The Hall–Kier alpha value is -1.84. The smallest absolute Gasteiger partial charge is 0.221 e. The van der Waals surface area contributed by atoms with E-state index in [1.807, 2.05) is 0 Å². The van der Waals surface area contributed by atoms with Gasteiger partial charge in [-0.25, -0.2) is 4.39 Å². The van der Waals surface area contributed by atoms with Crippen LogP contribution in [0.5, 0.6) is 5.75 Å². The number of carbonyl (C=O) groups is 1. The van der Waals surface area contributed by atoms with Gasteiger partial charge in [-0.2, -0.15) is 0 Å². The van der Waals surface area contributed by atoms with Gasteiger partial charge in [0.2, 0.25) is 5.91 Å². The summed E-state index contributed by atoms with van der Waals surface area (Å²) < 4.78 is 18.8. The van der Waals surface area contributed by atoms with Crippen LogP contribution in [0, 0.1) is 11.7 Å². The Balaban J connectivity index is 2.06. The highest BCUT2D eigenvalue weighted by Crippen LogP contribution is 2.30. The van der Waals surface area contributed by atoms with Crippen molar-refractivity contribution in [2.24, 2.45) is 11.7 Å². The molecule has 1 aromatic rings. The normalized spacial score (nSPS) is 14.9. The second kappa shape index (κ2) is 5.67. The average molecular weight is 249 g/mol. The highest BCUT2D eigenvalue weighted by Gasteiger charge is 2.22. The fourth-order valence-corrected chi connectivity index (χ4v) is 1.58. The summed E-state index contributed by atoms with van der Waals surface area (Å²) in [6.07, 6.45) is 5.82. The Bertz CT molecular complexity index is 467. The van der Waals surface area contributed by atoms with Crippen molar-refractivity contribution in [3.8, 4) is 5.75 Å². The molecule has 0 aliphatic heterocycles. The van der Waals surface area contributed by atoms with Crippen molar-refractivity contribution < 1.29 is 13.9 Å². The molecule has 4 heteroatoms. The van der Waals surface area contributed by atoms with E-state index >= 15 is 0 Å². The molecule has 2 N–H and O–H groups in total. The van der Waals surface area contributed by atoms with Crippen molar-refractivity contribution >= 4 is 12.0 Å². The van der Waals surface area contributed by atoms with Gasteiger partial charge in [-0.05, 0) is 37.0 Å². The van der Waals surface area contributed by atoms with E-state index in [1.54, 1.807) is 18.2 Å². The number of rotatable bonds is 6. The summed E-state index contributed by atoms with van der Waals surface area (Å²) >= 11 is 0. The van der Waals surface area contributed by atoms with Gasteiger partial charge >= 0.3 is 0 Å². The zero-order valence-electron chi connectivity index (χ0n) is 10.1. The van der Waals surface area contributed by atoms with Gasteiger partial charge in [0.15, 0.2) is 0 Å². The highest BCUT2D eigenvalue weighted by molar-refractivity contribution is 5.76. The fraction of sp³-hybridized carbons (Fsp3) is 0.357. The zero-order valence-corrected chi connectivity index (χ0v) is 10.1. The SMILES string of the molecule is NC(=O)CC=Cc1cc(F)ccc1OCC1CC1. The first kappa shape index (κ1) is 12.6. The van der Waals surface area contributed by atoms with Crippen molar-refractivity contribution in [1.82, 2.24) is 0 Å². The molecule has 1 fully saturated rings. The lowest BCUT2D eigenvalue weighted by atomic mass is 10.1. The molecule has 1 aliphatic rings. The van der Waals surface area contributed by atoms with Gasteiger partial charge in [-0.3, -0.25) is 4.79 Å². The number of amides is 1. The van der Waals surface area contributed by atoms with Crippen LogP contribution in [0.25, 0.3) is 6.08 Å². The fourth-order valence-electron chi connectivity index (χ4n) is 1.58. The van der Waals surface area contributed by atoms with Gasteiger partial charge in [-0.15, -0.1) is 0 Å². The minimum atomic E-state index is -0.414. The lowest BCUT2D eigenvalue weighted by Gasteiger charge is -2.08. The first-order valence-electron chi connectivity index (χ1n) is 6.02. The number of carbonyl (C=O) groups excluding carboxylic acids is 1. The van der Waals surface area contributed by atoms with Gasteiger partial charge in [0.1, 0.15) is 11.6 Å². The molecule has 1 amide bonds. The van der Waals surface area contributed by atoms with Gasteiger partial charge in [0.25, 0.3) is 0 Å². The van der Waals surface area contributed by atoms with Gasteiger partial charge in [-0.1, -0.05) is 12.2 Å². The van der Waals surface area contributed by atoms with Crippen LogP contribution in [0.4, 0.5) is 4.39 Å². The molecule has 0 atom stereocenters. The predicted molar refractivity (Wildman–Crippen MR) is 67.5 cm³/mol. The maximum atomic E-state index is 13.2. The Morgan fingerprint density at radius 3 is 2.94 bits per heavy atom. The first-order chi connectivity index (χ1) is 8.65. The van der Waals surface area contributed by atoms with Crippen LogP contribution < -0.4 is 10.5 Å². The van der Waals surface area contributed by atoms with Gasteiger partial charge in [0, 0.05) is 12.0 Å². The Morgan fingerprint density at radius 2 is 2.28 bits per heavy atom. The Morgan fingerprint density at radius 1 is 1.50 bits per heavy atom. The van der Waals surface area contributed by atoms with E-state index in [9.17, 15) is 9.18 Å². The summed E-state index contributed by atoms with van der Waals surface area (Å²) in [5.74, 6) is 0.539. The maximum absolute atomic E-state index is 13.2. The molecule has 1 aromatic carbocycles. The van der Waals surface area contributed by atoms with Crippen molar-refractivity contribution in [2.75, 3.05) is 6.61 Å². The summed E-state index contributed by atoms with van der Waals surface area (Å²) in [4.78, 5) is 10.6. The molecule has 0 unspecified atom stereocenters. The number of ether oxygens (including phenoxy) is 1. The summed E-state index contributed by atoms with van der Waals surface area (Å²) in [7, 11) is 0. The summed E-state index contributed by atoms with van der Waals surface area (Å²) in [6, 6.07) is 4.37. The largest absolute Gasteiger partial charge is 0.493 e. The van der Waals surface area contributed by atoms with Crippen LogP contribution in [-0.2, 0) is 4.79 Å². The third-order valence-corrected chi connectivity index (χ3v) is 2.76. The van der Waals surface area contributed by atoms with Gasteiger partial charge in [0.05, 0.1) is 6.61 Å². The highest BCUT2D eigenvalue weighted by atomic mass is 19.1. The third-order valence-electron chi connectivity index (χ3n) is 2.76. The second-order valence-electron chi connectivity index (χ2n) is 4.51. The molecule has 0 saturated heterocycles. The van der Waals surface area contributed by atoms with Crippen molar-refractivity contribution in [3.05, 3.63) is 35.7 Å². The lowest BCUT2D eigenvalue weighted by molar-refractivity contribution is -0.117. The van der Waals surface area contributed by atoms with E-state index in [0.29, 0.717) is 23.8 Å². The van der Waals surface area contributed by atoms with E-state index in [-0.39, 0.29) is 12.2 Å². The molecule has 3 nitrogen and oxygen atoms in total. The van der Waals surface area contributed by atoms with E-state index in [1.165, 1.54) is 25.0 Å². The molecule has 1 aliphatic carbocycles. The van der Waals surface area contributed by atoms with Crippen molar-refractivity contribution in [2.45, 2.75) is 19.3 Å². The van der Waals surface area contributed by atoms with E-state index < -0.39 is 5.91 Å². The van der Waals surface area contributed by atoms with Crippen LogP contribution in [-0.4, -0.2) is 12.5 Å². The van der Waals surface area contributed by atoms with E-state index in [2.05, 4.69) is 0 Å². The number of hydrogen-bond acceptors (Lipinski definition) is 2. The van der Waals surface area contributed by atoms with Crippen LogP contribution in [0.2, 0.25) is 0 Å². The van der Waals surface area contributed by atoms with Crippen molar-refractivity contribution in [3.63, 3.8) is 0 Å². The minimum Gasteiger partial charge on any atom is -0.493 e. The van der Waals surface area contributed by atoms with Crippen LogP contribution in [0.15, 0.2) is 24.3 Å². The Labute approximate surface area is 105 Å². The van der Waals surface area contributed by atoms with E-state index in [0.717, 1.165) is 0 Å². The minimum absolute atomic E-state index is 0.137. The molecular formula is C14H16FNO2. The molecular weight excluding hydrogens is 233 g/mol. The number of primary amides is 1. The molecule has 0 radical (unpaired) electrons. The number of halogens is 1. The van der Waals surface area contributed by atoms with Crippen molar-refractivity contribution in [1.29, 1.82) is 0 Å². The number of benzene rings is 1. The molecule has 0 spiro atoms. The molecule has 96 valence electrons. The summed E-state index contributed by atoms with van der Waals surface area (Å²) in [5.41, 5.74) is 5.67. The molecule has 0 bridgehead atoms. The summed E-state index contributed by atoms with van der Waals surface area (Å²) in [6.45, 7) is 0.669. The van der Waals surface area contributed by atoms with Crippen LogP contribution in [0.3, 0.4) is 0 Å². The Kier molecular flexibility index (Phi) is 3.97. The van der Waals surface area contributed by atoms with Crippen LogP contribution >= 0.6 is 0 Å². The molecule has 1 saturated carbocycles. The second-order valence-corrected chi connectivity index (χ2v) is 4.51. The predicted octanol–water partition coefficient (Wildman–Crippen LogP) is 2.50. The molecule has 18 heavy (non-hydrogen) atoms.